The minimum Gasteiger partial charge on any atom is -0.389 e. The Bertz CT molecular complexity index is 429. The summed E-state index contributed by atoms with van der Waals surface area (Å²) in [6.45, 7) is 1.00. The first-order chi connectivity index (χ1) is 7.75. The van der Waals surface area contributed by atoms with Crippen LogP contribution in [-0.4, -0.2) is 40.9 Å². The monoisotopic (exact) mass is 235 g/mol. The standard InChI is InChI=1S/C12H13NO2S/c14-8-5-13(6-8)12(15)10-7-16-11-4-2-1-3-9(10)11/h1-4,8,10,14H,5-7H2. The molecule has 2 aliphatic rings. The molecule has 84 valence electrons. The van der Waals surface area contributed by atoms with Crippen LogP contribution in [0.2, 0.25) is 0 Å². The van der Waals surface area contributed by atoms with Crippen molar-refractivity contribution in [3.8, 4) is 0 Å². The summed E-state index contributed by atoms with van der Waals surface area (Å²) in [5.74, 6) is 1.00. The number of likely N-dealkylation sites (tertiary alicyclic amines) is 1. The van der Waals surface area contributed by atoms with E-state index in [2.05, 4.69) is 6.07 Å². The van der Waals surface area contributed by atoms with E-state index >= 15 is 0 Å². The molecule has 2 aliphatic heterocycles. The van der Waals surface area contributed by atoms with Gasteiger partial charge in [0.25, 0.3) is 0 Å². The molecule has 16 heavy (non-hydrogen) atoms. The predicted octanol–water partition coefficient (Wildman–Crippen LogP) is 1.08. The third-order valence-corrected chi connectivity index (χ3v) is 4.35. The number of amides is 1. The van der Waals surface area contributed by atoms with Crippen molar-refractivity contribution in [1.29, 1.82) is 0 Å². The molecule has 1 saturated heterocycles. The van der Waals surface area contributed by atoms with Crippen molar-refractivity contribution in [1.82, 2.24) is 4.90 Å². The fourth-order valence-electron chi connectivity index (χ4n) is 2.22. The number of nitrogens with zero attached hydrogens (tertiary/aromatic N) is 1. The maximum Gasteiger partial charge on any atom is 0.231 e. The second-order valence-electron chi connectivity index (χ2n) is 4.30. The molecule has 1 aromatic rings. The van der Waals surface area contributed by atoms with E-state index in [9.17, 15) is 9.90 Å². The minimum absolute atomic E-state index is 0.00583. The van der Waals surface area contributed by atoms with Crippen molar-refractivity contribution in [2.45, 2.75) is 16.9 Å². The van der Waals surface area contributed by atoms with Crippen molar-refractivity contribution in [2.75, 3.05) is 18.8 Å². The molecule has 0 spiro atoms. The minimum atomic E-state index is -0.312. The SMILES string of the molecule is O=C(C1CSc2ccccc21)N1CC(O)C1. The number of hydrogen-bond acceptors (Lipinski definition) is 3. The number of hydrogen-bond donors (Lipinski definition) is 1. The van der Waals surface area contributed by atoms with Crippen LogP contribution < -0.4 is 0 Å². The highest BCUT2D eigenvalue weighted by Gasteiger charge is 2.37. The van der Waals surface area contributed by atoms with E-state index < -0.39 is 0 Å². The summed E-state index contributed by atoms with van der Waals surface area (Å²) in [6, 6.07) is 8.09. The first kappa shape index (κ1) is 10.2. The van der Waals surface area contributed by atoms with Gasteiger partial charge in [0.05, 0.1) is 12.0 Å². The van der Waals surface area contributed by atoms with Crippen molar-refractivity contribution < 1.29 is 9.90 Å². The van der Waals surface area contributed by atoms with Gasteiger partial charge in [0.1, 0.15) is 0 Å². The highest BCUT2D eigenvalue weighted by Crippen LogP contribution is 2.40. The van der Waals surface area contributed by atoms with Crippen molar-refractivity contribution in [2.24, 2.45) is 0 Å². The average molecular weight is 235 g/mol. The van der Waals surface area contributed by atoms with E-state index in [1.807, 2.05) is 18.2 Å². The van der Waals surface area contributed by atoms with Gasteiger partial charge in [0.15, 0.2) is 0 Å². The third-order valence-electron chi connectivity index (χ3n) is 3.17. The van der Waals surface area contributed by atoms with Crippen LogP contribution in [0, 0.1) is 0 Å². The van der Waals surface area contributed by atoms with Crippen LogP contribution in [0.1, 0.15) is 11.5 Å². The Balaban J connectivity index is 1.80. The number of aliphatic hydroxyl groups excluding tert-OH is 1. The predicted molar refractivity (Wildman–Crippen MR) is 62.5 cm³/mol. The van der Waals surface area contributed by atoms with E-state index in [4.69, 9.17) is 0 Å². The number of β-amino-alcohol motifs (C(OH)–C–C–N with tert-alkyl or cyclic N) is 1. The molecular formula is C12H13NO2S. The molecule has 1 amide bonds. The van der Waals surface area contributed by atoms with E-state index in [1.165, 1.54) is 4.90 Å². The van der Waals surface area contributed by atoms with Crippen LogP contribution in [0.15, 0.2) is 29.2 Å². The van der Waals surface area contributed by atoms with Crippen molar-refractivity contribution in [3.05, 3.63) is 29.8 Å². The van der Waals surface area contributed by atoms with E-state index in [1.54, 1.807) is 16.7 Å². The molecule has 1 fully saturated rings. The van der Waals surface area contributed by atoms with Crippen LogP contribution in [0.4, 0.5) is 0 Å². The Kier molecular flexibility index (Phi) is 2.41. The quantitative estimate of drug-likeness (QED) is 0.792. The highest BCUT2D eigenvalue weighted by atomic mass is 32.2. The van der Waals surface area contributed by atoms with Crippen molar-refractivity contribution in [3.63, 3.8) is 0 Å². The Labute approximate surface area is 98.4 Å². The van der Waals surface area contributed by atoms with Gasteiger partial charge in [-0.1, -0.05) is 18.2 Å². The largest absolute Gasteiger partial charge is 0.389 e. The second kappa shape index (κ2) is 3.79. The van der Waals surface area contributed by atoms with Crippen LogP contribution in [0.3, 0.4) is 0 Å². The molecule has 0 aliphatic carbocycles. The van der Waals surface area contributed by atoms with Gasteiger partial charge >= 0.3 is 0 Å². The summed E-state index contributed by atoms with van der Waals surface area (Å²) in [7, 11) is 0. The van der Waals surface area contributed by atoms with Crippen LogP contribution in [-0.2, 0) is 4.79 Å². The number of carbonyl (C=O) groups excluding carboxylic acids is 1. The summed E-state index contributed by atoms with van der Waals surface area (Å²) in [6.07, 6.45) is -0.312. The number of carbonyl (C=O) groups is 1. The first-order valence-corrected chi connectivity index (χ1v) is 6.43. The highest BCUT2D eigenvalue weighted by molar-refractivity contribution is 7.99. The lowest BCUT2D eigenvalue weighted by atomic mass is 9.98. The molecule has 0 saturated carbocycles. The van der Waals surface area contributed by atoms with Crippen LogP contribution in [0.5, 0.6) is 0 Å². The molecule has 4 heteroatoms. The Morgan fingerprint density at radius 3 is 2.88 bits per heavy atom. The molecule has 1 N–H and O–H groups in total. The molecule has 0 bridgehead atoms. The molecule has 0 aromatic heterocycles. The van der Waals surface area contributed by atoms with Gasteiger partial charge in [-0.05, 0) is 11.6 Å². The molecular weight excluding hydrogens is 222 g/mol. The fraction of sp³-hybridized carbons (Fsp3) is 0.417. The van der Waals surface area contributed by atoms with Gasteiger partial charge in [0, 0.05) is 23.7 Å². The molecule has 1 unspecified atom stereocenters. The molecule has 3 nitrogen and oxygen atoms in total. The third kappa shape index (κ3) is 1.53. The summed E-state index contributed by atoms with van der Waals surface area (Å²) in [5, 5.41) is 9.21. The fourth-order valence-corrected chi connectivity index (χ4v) is 3.44. The molecule has 0 radical (unpaired) electrons. The second-order valence-corrected chi connectivity index (χ2v) is 5.36. The van der Waals surface area contributed by atoms with Gasteiger partial charge in [-0.15, -0.1) is 11.8 Å². The Morgan fingerprint density at radius 2 is 2.12 bits per heavy atom. The summed E-state index contributed by atoms with van der Waals surface area (Å²) >= 11 is 1.75. The lowest BCUT2D eigenvalue weighted by molar-refractivity contribution is -0.142. The number of aliphatic hydroxyl groups is 1. The Morgan fingerprint density at radius 1 is 1.38 bits per heavy atom. The van der Waals surface area contributed by atoms with Gasteiger partial charge < -0.3 is 10.0 Å². The molecule has 1 aromatic carbocycles. The van der Waals surface area contributed by atoms with Gasteiger partial charge in [-0.25, -0.2) is 0 Å². The van der Waals surface area contributed by atoms with Gasteiger partial charge in [-0.2, -0.15) is 0 Å². The van der Waals surface area contributed by atoms with E-state index in [0.29, 0.717) is 13.1 Å². The molecule has 3 rings (SSSR count). The number of fused-ring (bicyclic) bond motifs is 1. The van der Waals surface area contributed by atoms with Crippen LogP contribution in [0.25, 0.3) is 0 Å². The van der Waals surface area contributed by atoms with E-state index in [0.717, 1.165) is 11.3 Å². The van der Waals surface area contributed by atoms with E-state index in [-0.39, 0.29) is 17.9 Å². The lowest BCUT2D eigenvalue weighted by Gasteiger charge is -2.37. The van der Waals surface area contributed by atoms with Gasteiger partial charge in [-0.3, -0.25) is 4.79 Å². The average Bonchev–Trinajstić information content (AvgIpc) is 2.67. The topological polar surface area (TPSA) is 40.5 Å². The summed E-state index contributed by atoms with van der Waals surface area (Å²) < 4.78 is 0. The number of benzene rings is 1. The first-order valence-electron chi connectivity index (χ1n) is 5.44. The zero-order chi connectivity index (χ0) is 11.1. The summed E-state index contributed by atoms with van der Waals surface area (Å²) in [4.78, 5) is 15.1. The summed E-state index contributed by atoms with van der Waals surface area (Å²) in [5.41, 5.74) is 1.15. The lowest BCUT2D eigenvalue weighted by Crippen LogP contribution is -2.54. The Hall–Kier alpha value is -1.00. The number of rotatable bonds is 1. The number of thioether (sulfide) groups is 1. The maximum absolute atomic E-state index is 12.1. The zero-order valence-electron chi connectivity index (χ0n) is 8.80. The molecule has 1 atom stereocenters. The maximum atomic E-state index is 12.1. The van der Waals surface area contributed by atoms with Crippen molar-refractivity contribution >= 4 is 17.7 Å². The van der Waals surface area contributed by atoms with Gasteiger partial charge in [0.2, 0.25) is 5.91 Å². The van der Waals surface area contributed by atoms with Crippen LogP contribution >= 0.6 is 11.8 Å². The molecule has 2 heterocycles. The normalized spacial score (nSPS) is 24.1. The zero-order valence-corrected chi connectivity index (χ0v) is 9.61. The smallest absolute Gasteiger partial charge is 0.231 e.